The lowest BCUT2D eigenvalue weighted by Gasteiger charge is -2.34. The SMILES string of the molecule is CNC1(C(=O)O[C@H](C)C(=O)N(C)[C@@H](CC(C)(C)F)C(=O)O[C@H](Cc2ccc(C3CCOCC3)cc2)C(=O)N(C)C2(C(=O)O[C@H](C)C(=O)N(C)[C@@H](CC(C)(C)F)C(=O)O[C@H](Cc3ccc(C4=CCOCC4)cc3)C(=O)O)CC2)CC1. The average molecular weight is 1110 g/mol. The number of carboxylic acids is 1. The number of hydrogen-bond acceptors (Lipinski definition) is 15. The van der Waals surface area contributed by atoms with Crippen LogP contribution in [0.25, 0.3) is 5.57 Å². The van der Waals surface area contributed by atoms with Crippen molar-refractivity contribution in [3.8, 4) is 0 Å². The Morgan fingerprint density at radius 1 is 0.671 bits per heavy atom. The van der Waals surface area contributed by atoms with E-state index in [0.717, 1.165) is 44.2 Å². The number of nitrogens with zero attached hydrogens (tertiary/aromatic N) is 3. The zero-order valence-corrected chi connectivity index (χ0v) is 47.1. The molecule has 21 heteroatoms. The normalized spacial score (nSPS) is 19.1. The van der Waals surface area contributed by atoms with Gasteiger partial charge in [0.25, 0.3) is 17.7 Å². The van der Waals surface area contributed by atoms with Gasteiger partial charge in [-0.1, -0.05) is 54.6 Å². The highest BCUT2D eigenvalue weighted by Crippen LogP contribution is 2.43. The first kappa shape index (κ1) is 61.9. The van der Waals surface area contributed by atoms with Gasteiger partial charge in [-0.3, -0.25) is 19.2 Å². The van der Waals surface area contributed by atoms with Crippen LogP contribution in [0.3, 0.4) is 0 Å². The van der Waals surface area contributed by atoms with Crippen LogP contribution in [0.15, 0.2) is 54.6 Å². The van der Waals surface area contributed by atoms with E-state index < -0.39 is 119 Å². The van der Waals surface area contributed by atoms with Gasteiger partial charge in [-0.15, -0.1) is 0 Å². The number of aliphatic carboxylic acids is 1. The van der Waals surface area contributed by atoms with Crippen LogP contribution < -0.4 is 5.32 Å². The highest BCUT2D eigenvalue weighted by molar-refractivity contribution is 5.96. The highest BCUT2D eigenvalue weighted by Gasteiger charge is 2.58. The molecular weight excluding hydrogens is 1030 g/mol. The number of hydrogen-bond donors (Lipinski definition) is 2. The van der Waals surface area contributed by atoms with E-state index in [1.165, 1.54) is 62.7 Å². The first-order valence-electron chi connectivity index (χ1n) is 27.0. The van der Waals surface area contributed by atoms with Gasteiger partial charge in [-0.25, -0.2) is 28.0 Å². The average Bonchev–Trinajstić information content (AvgIpc) is 4.48. The molecule has 3 amide bonds. The van der Waals surface area contributed by atoms with Crippen molar-refractivity contribution in [3.63, 3.8) is 0 Å². The van der Waals surface area contributed by atoms with Crippen molar-refractivity contribution < 1.29 is 80.7 Å². The third-order valence-corrected chi connectivity index (χ3v) is 15.4. The molecule has 1 saturated heterocycles. The molecule has 2 aromatic carbocycles. The smallest absolute Gasteiger partial charge is 0.345 e. The topological polar surface area (TPSA) is 234 Å². The van der Waals surface area contributed by atoms with E-state index in [4.69, 9.17) is 28.4 Å². The van der Waals surface area contributed by atoms with Crippen molar-refractivity contribution in [1.82, 2.24) is 20.0 Å². The number of benzene rings is 2. The van der Waals surface area contributed by atoms with Crippen LogP contribution >= 0.6 is 0 Å². The van der Waals surface area contributed by atoms with E-state index in [-0.39, 0.29) is 31.6 Å². The van der Waals surface area contributed by atoms with Gasteiger partial charge in [-0.2, -0.15) is 0 Å². The van der Waals surface area contributed by atoms with E-state index in [9.17, 15) is 43.5 Å². The molecule has 434 valence electrons. The lowest BCUT2D eigenvalue weighted by molar-refractivity contribution is -0.175. The molecular formula is C58H78F2N4O15. The summed E-state index contributed by atoms with van der Waals surface area (Å²) < 4.78 is 64.5. The second-order valence-corrected chi connectivity index (χ2v) is 22.6. The van der Waals surface area contributed by atoms with Crippen LogP contribution in [-0.2, 0) is 79.6 Å². The number of carbonyl (C=O) groups is 8. The molecule has 2 aliphatic carbocycles. The first-order chi connectivity index (χ1) is 37.1. The number of esters is 4. The Kier molecular flexibility index (Phi) is 20.3. The molecule has 0 unspecified atom stereocenters. The van der Waals surface area contributed by atoms with Gasteiger partial charge in [0.15, 0.2) is 18.3 Å². The predicted molar refractivity (Wildman–Crippen MR) is 283 cm³/mol. The van der Waals surface area contributed by atoms with E-state index in [1.807, 2.05) is 30.3 Å². The summed E-state index contributed by atoms with van der Waals surface area (Å²) >= 11 is 0. The van der Waals surface area contributed by atoms with Crippen molar-refractivity contribution in [1.29, 1.82) is 0 Å². The Morgan fingerprint density at radius 3 is 1.59 bits per heavy atom. The fraction of sp³-hybridized carbons (Fsp3) is 0.621. The zero-order chi connectivity index (χ0) is 58.2. The third kappa shape index (κ3) is 16.2. The largest absolute Gasteiger partial charge is 0.478 e. The molecule has 0 aromatic heterocycles. The van der Waals surface area contributed by atoms with Crippen molar-refractivity contribution >= 4 is 53.1 Å². The van der Waals surface area contributed by atoms with Crippen LogP contribution in [0, 0.1) is 0 Å². The fourth-order valence-electron chi connectivity index (χ4n) is 9.93. The molecule has 2 saturated carbocycles. The minimum Gasteiger partial charge on any atom is -0.478 e. The summed E-state index contributed by atoms with van der Waals surface area (Å²) in [4.78, 5) is 113. The number of alkyl halides is 2. The van der Waals surface area contributed by atoms with Crippen LogP contribution in [0.2, 0.25) is 0 Å². The summed E-state index contributed by atoms with van der Waals surface area (Å²) in [5.41, 5.74) is -2.57. The molecule has 19 nitrogen and oxygen atoms in total. The van der Waals surface area contributed by atoms with E-state index in [0.29, 0.717) is 56.8 Å². The number of carbonyl (C=O) groups excluding carboxylic acids is 7. The maximum Gasteiger partial charge on any atom is 0.345 e. The minimum atomic E-state index is -2.08. The lowest BCUT2D eigenvalue weighted by atomic mass is 9.90. The molecule has 2 aromatic rings. The number of ether oxygens (including phenoxy) is 6. The molecule has 2 N–H and O–H groups in total. The number of nitrogens with one attached hydrogen (secondary N) is 1. The Bertz CT molecular complexity index is 2560. The van der Waals surface area contributed by atoms with Crippen LogP contribution in [0.5, 0.6) is 0 Å². The Balaban J connectivity index is 1.18. The molecule has 4 aliphatic rings. The first-order valence-corrected chi connectivity index (χ1v) is 27.0. The molecule has 79 heavy (non-hydrogen) atoms. The summed E-state index contributed by atoms with van der Waals surface area (Å²) in [6.45, 7) is 9.59. The summed E-state index contributed by atoms with van der Waals surface area (Å²) in [7, 11) is 5.32. The van der Waals surface area contributed by atoms with Crippen LogP contribution in [0.4, 0.5) is 8.78 Å². The standard InChI is InChI=1S/C58H78F2N4O15/c1-35(76-53(72)57(61-7)23-24-57)47(65)62(8)43(33-55(3,4)59)51(70)78-45(31-37-11-15-39(16-12-37)41-19-27-74-28-20-41)49(67)64(10)58(25-26-58)54(73)77-36(2)48(66)63(9)44(34-56(5,6)60)52(71)79-46(50(68)69)32-38-13-17-40(18-14-38)42-21-29-75-30-22-42/h11-18,21,35-36,41,43-46,61H,19-20,22-34H2,1-10H3,(H,68,69)/t35-,36-,43+,44+,45-,46-/m1/s1. The number of carboxylic acid groups (broad SMARTS) is 1. The van der Waals surface area contributed by atoms with Gasteiger partial charge in [0.05, 0.1) is 13.2 Å². The van der Waals surface area contributed by atoms with Crippen molar-refractivity contribution in [2.75, 3.05) is 54.6 Å². The molecule has 6 rings (SSSR count). The van der Waals surface area contributed by atoms with Gasteiger partial charge in [-0.05, 0) is 127 Å². The maximum atomic E-state index is 15.6. The van der Waals surface area contributed by atoms with Crippen molar-refractivity contribution in [2.45, 2.75) is 177 Å². The highest BCUT2D eigenvalue weighted by atomic mass is 19.1. The van der Waals surface area contributed by atoms with Gasteiger partial charge in [0.1, 0.15) is 34.5 Å². The summed E-state index contributed by atoms with van der Waals surface area (Å²) in [5.74, 6) is -7.92. The molecule has 6 atom stereocenters. The van der Waals surface area contributed by atoms with Gasteiger partial charge in [0, 0.05) is 60.0 Å². The minimum absolute atomic E-state index is 0.0593. The second-order valence-electron chi connectivity index (χ2n) is 22.6. The maximum absolute atomic E-state index is 15.6. The Hall–Kier alpha value is -6.32. The summed E-state index contributed by atoms with van der Waals surface area (Å²) in [6.07, 6.45) is -2.60. The fourth-order valence-corrected chi connectivity index (χ4v) is 9.93. The van der Waals surface area contributed by atoms with Crippen molar-refractivity contribution in [3.05, 3.63) is 76.9 Å². The zero-order valence-electron chi connectivity index (χ0n) is 47.1. The van der Waals surface area contributed by atoms with Crippen molar-refractivity contribution in [2.24, 2.45) is 0 Å². The molecule has 0 radical (unpaired) electrons. The molecule has 3 fully saturated rings. The lowest BCUT2D eigenvalue weighted by Crippen LogP contribution is -2.55. The monoisotopic (exact) mass is 1110 g/mol. The molecule has 2 aliphatic heterocycles. The molecule has 0 bridgehead atoms. The quantitative estimate of drug-likeness (QED) is 0.0860. The number of likely N-dealkylation sites (N-methyl/N-ethyl adjacent to an activating group) is 4. The summed E-state index contributed by atoms with van der Waals surface area (Å²) in [5, 5.41) is 13.0. The third-order valence-electron chi connectivity index (χ3n) is 15.4. The van der Waals surface area contributed by atoms with E-state index in [2.05, 4.69) is 5.32 Å². The molecule has 2 heterocycles. The van der Waals surface area contributed by atoms with Gasteiger partial charge in [0.2, 0.25) is 6.10 Å². The second kappa shape index (κ2) is 25.9. The molecule has 0 spiro atoms. The number of amides is 3. The van der Waals surface area contributed by atoms with Crippen LogP contribution in [-0.4, -0.2) is 181 Å². The predicted octanol–water partition coefficient (Wildman–Crippen LogP) is 5.61. The number of halogens is 2. The Morgan fingerprint density at radius 2 is 1.15 bits per heavy atom. The van der Waals surface area contributed by atoms with Crippen LogP contribution in [0.1, 0.15) is 128 Å². The van der Waals surface area contributed by atoms with Gasteiger partial charge >= 0.3 is 29.8 Å². The summed E-state index contributed by atoms with van der Waals surface area (Å²) in [6, 6.07) is 11.2. The Labute approximate surface area is 460 Å². The van der Waals surface area contributed by atoms with E-state index >= 15 is 8.78 Å². The van der Waals surface area contributed by atoms with Gasteiger partial charge < -0.3 is 53.5 Å². The number of rotatable bonds is 26. The van der Waals surface area contributed by atoms with E-state index in [1.54, 1.807) is 31.3 Å².